The molecule has 21 heavy (non-hydrogen) atoms. The van der Waals surface area contributed by atoms with E-state index < -0.39 is 0 Å². The van der Waals surface area contributed by atoms with Gasteiger partial charge >= 0.3 is 0 Å². The Balaban J connectivity index is 1.93. The highest BCUT2D eigenvalue weighted by Gasteiger charge is 2.22. The number of thiazole rings is 1. The lowest BCUT2D eigenvalue weighted by Crippen LogP contribution is -2.49. The average molecular weight is 311 g/mol. The van der Waals surface area contributed by atoms with Crippen LogP contribution in [0.5, 0.6) is 0 Å². The second kappa shape index (κ2) is 7.56. The summed E-state index contributed by atoms with van der Waals surface area (Å²) in [5.41, 5.74) is 1.19. The van der Waals surface area contributed by atoms with Crippen LogP contribution in [0, 0.1) is 6.92 Å². The van der Waals surface area contributed by atoms with Gasteiger partial charge in [0.05, 0.1) is 5.69 Å². The van der Waals surface area contributed by atoms with Crippen molar-refractivity contribution < 1.29 is 0 Å². The van der Waals surface area contributed by atoms with Crippen molar-refractivity contribution in [3.63, 3.8) is 0 Å². The molecule has 1 saturated heterocycles. The second-order valence-electron chi connectivity index (χ2n) is 6.32. The first-order chi connectivity index (χ1) is 10.0. The van der Waals surface area contributed by atoms with Crippen LogP contribution >= 0.6 is 11.3 Å². The van der Waals surface area contributed by atoms with Gasteiger partial charge < -0.3 is 10.2 Å². The molecule has 4 nitrogen and oxygen atoms in total. The van der Waals surface area contributed by atoms with E-state index in [9.17, 15) is 0 Å². The molecule has 0 radical (unpaired) electrons. The highest BCUT2D eigenvalue weighted by Crippen LogP contribution is 2.27. The molecule has 1 unspecified atom stereocenters. The Hall–Kier alpha value is -0.650. The number of aromatic nitrogens is 1. The Morgan fingerprint density at radius 2 is 1.86 bits per heavy atom. The van der Waals surface area contributed by atoms with Crippen LogP contribution in [0.25, 0.3) is 0 Å². The summed E-state index contributed by atoms with van der Waals surface area (Å²) in [7, 11) is 0. The quantitative estimate of drug-likeness (QED) is 0.875. The van der Waals surface area contributed by atoms with Gasteiger partial charge in [-0.3, -0.25) is 4.90 Å². The first-order valence-corrected chi connectivity index (χ1v) is 9.01. The second-order valence-corrected chi connectivity index (χ2v) is 7.38. The van der Waals surface area contributed by atoms with E-state index in [4.69, 9.17) is 4.98 Å². The lowest BCUT2D eigenvalue weighted by Gasteiger charge is -2.37. The fourth-order valence-corrected chi connectivity index (χ4v) is 3.68. The molecule has 0 spiro atoms. The van der Waals surface area contributed by atoms with E-state index in [0.29, 0.717) is 12.1 Å². The van der Waals surface area contributed by atoms with Gasteiger partial charge in [-0.2, -0.15) is 0 Å². The number of piperazine rings is 1. The zero-order chi connectivity index (χ0) is 15.4. The SMILES string of the molecule is CCC(C)N1CCN(c2nc(C)c(CNC(C)C)s2)CC1. The predicted molar refractivity (Wildman–Crippen MR) is 92.4 cm³/mol. The number of rotatable bonds is 6. The van der Waals surface area contributed by atoms with Crippen LogP contribution in [-0.4, -0.2) is 48.1 Å². The Bertz CT molecular complexity index is 435. The summed E-state index contributed by atoms with van der Waals surface area (Å²) in [6.07, 6.45) is 1.24. The van der Waals surface area contributed by atoms with Crippen molar-refractivity contribution >= 4 is 16.5 Å². The van der Waals surface area contributed by atoms with E-state index in [1.54, 1.807) is 0 Å². The summed E-state index contributed by atoms with van der Waals surface area (Å²) in [6.45, 7) is 16.6. The maximum absolute atomic E-state index is 4.79. The highest BCUT2D eigenvalue weighted by molar-refractivity contribution is 7.15. The topological polar surface area (TPSA) is 31.4 Å². The molecular formula is C16H30N4S. The van der Waals surface area contributed by atoms with Crippen LogP contribution in [0.4, 0.5) is 5.13 Å². The van der Waals surface area contributed by atoms with Gasteiger partial charge in [0.25, 0.3) is 0 Å². The van der Waals surface area contributed by atoms with Gasteiger partial charge in [-0.15, -0.1) is 11.3 Å². The van der Waals surface area contributed by atoms with Gasteiger partial charge in [0, 0.05) is 49.7 Å². The minimum atomic E-state index is 0.522. The third-order valence-electron chi connectivity index (χ3n) is 4.35. The third kappa shape index (κ3) is 4.41. The van der Waals surface area contributed by atoms with Crippen molar-refractivity contribution in [2.75, 3.05) is 31.1 Å². The van der Waals surface area contributed by atoms with E-state index in [1.807, 2.05) is 11.3 Å². The van der Waals surface area contributed by atoms with Crippen LogP contribution < -0.4 is 10.2 Å². The van der Waals surface area contributed by atoms with Crippen LogP contribution in [0.1, 0.15) is 44.7 Å². The minimum absolute atomic E-state index is 0.522. The number of aryl methyl sites for hydroxylation is 1. The summed E-state index contributed by atoms with van der Waals surface area (Å²) >= 11 is 1.86. The summed E-state index contributed by atoms with van der Waals surface area (Å²) in [6, 6.07) is 1.23. The van der Waals surface area contributed by atoms with E-state index in [-0.39, 0.29) is 0 Å². The molecule has 120 valence electrons. The molecule has 1 fully saturated rings. The standard InChI is InChI=1S/C16H30N4S/c1-6-13(4)19-7-9-20(10-8-19)16-18-14(5)15(21-16)11-17-12(2)3/h12-13,17H,6-11H2,1-5H3. The molecular weight excluding hydrogens is 280 g/mol. The molecule has 0 amide bonds. The number of hydrogen-bond donors (Lipinski definition) is 1. The first-order valence-electron chi connectivity index (χ1n) is 8.20. The summed E-state index contributed by atoms with van der Waals surface area (Å²) < 4.78 is 0. The lowest BCUT2D eigenvalue weighted by molar-refractivity contribution is 0.193. The Kier molecular flexibility index (Phi) is 6.02. The molecule has 1 aromatic heterocycles. The summed E-state index contributed by atoms with van der Waals surface area (Å²) in [5, 5.41) is 4.70. The lowest BCUT2D eigenvalue weighted by atomic mass is 10.2. The summed E-state index contributed by atoms with van der Waals surface area (Å²) in [5.74, 6) is 0. The van der Waals surface area contributed by atoms with Gasteiger partial charge in [-0.1, -0.05) is 20.8 Å². The van der Waals surface area contributed by atoms with Gasteiger partial charge in [0.2, 0.25) is 0 Å². The van der Waals surface area contributed by atoms with Crippen LogP contribution in [0.2, 0.25) is 0 Å². The Labute approximate surface area is 133 Å². The molecule has 0 bridgehead atoms. The van der Waals surface area contributed by atoms with E-state index in [1.165, 1.54) is 22.1 Å². The van der Waals surface area contributed by atoms with Crippen molar-refractivity contribution in [2.45, 2.75) is 59.7 Å². The molecule has 2 heterocycles. The molecule has 5 heteroatoms. The van der Waals surface area contributed by atoms with Crippen molar-refractivity contribution in [1.82, 2.24) is 15.2 Å². The zero-order valence-corrected chi connectivity index (χ0v) is 15.0. The van der Waals surface area contributed by atoms with Crippen molar-refractivity contribution in [2.24, 2.45) is 0 Å². The van der Waals surface area contributed by atoms with Crippen LogP contribution in [0.3, 0.4) is 0 Å². The molecule has 1 N–H and O–H groups in total. The van der Waals surface area contributed by atoms with Crippen molar-refractivity contribution in [3.8, 4) is 0 Å². The Morgan fingerprint density at radius 3 is 2.43 bits per heavy atom. The van der Waals surface area contributed by atoms with Gasteiger partial charge in [-0.25, -0.2) is 4.98 Å². The van der Waals surface area contributed by atoms with Crippen LogP contribution in [0.15, 0.2) is 0 Å². The monoisotopic (exact) mass is 310 g/mol. The van der Waals surface area contributed by atoms with E-state index >= 15 is 0 Å². The number of nitrogens with one attached hydrogen (secondary N) is 1. The van der Waals surface area contributed by atoms with E-state index in [2.05, 4.69) is 49.7 Å². The maximum atomic E-state index is 4.79. The summed E-state index contributed by atoms with van der Waals surface area (Å²) in [4.78, 5) is 11.2. The Morgan fingerprint density at radius 1 is 1.19 bits per heavy atom. The van der Waals surface area contributed by atoms with Gasteiger partial charge in [0.1, 0.15) is 0 Å². The maximum Gasteiger partial charge on any atom is 0.185 e. The van der Waals surface area contributed by atoms with Crippen molar-refractivity contribution in [1.29, 1.82) is 0 Å². The smallest absolute Gasteiger partial charge is 0.185 e. The molecule has 0 saturated carbocycles. The first kappa shape index (κ1) is 16.7. The number of hydrogen-bond acceptors (Lipinski definition) is 5. The molecule has 1 aliphatic heterocycles. The minimum Gasteiger partial charge on any atom is -0.346 e. The third-order valence-corrected chi connectivity index (χ3v) is 5.57. The van der Waals surface area contributed by atoms with Crippen molar-refractivity contribution in [3.05, 3.63) is 10.6 Å². The van der Waals surface area contributed by atoms with Crippen LogP contribution in [-0.2, 0) is 6.54 Å². The largest absolute Gasteiger partial charge is 0.346 e. The zero-order valence-electron chi connectivity index (χ0n) is 14.1. The predicted octanol–water partition coefficient (Wildman–Crippen LogP) is 2.87. The average Bonchev–Trinajstić information content (AvgIpc) is 2.85. The van der Waals surface area contributed by atoms with Gasteiger partial charge in [-0.05, 0) is 20.3 Å². The number of nitrogens with zero attached hydrogens (tertiary/aromatic N) is 3. The molecule has 0 aliphatic carbocycles. The molecule has 0 aromatic carbocycles. The molecule has 1 aromatic rings. The van der Waals surface area contributed by atoms with Gasteiger partial charge in [0.15, 0.2) is 5.13 Å². The number of anilines is 1. The molecule has 1 atom stereocenters. The molecule has 2 rings (SSSR count). The fraction of sp³-hybridized carbons (Fsp3) is 0.812. The fourth-order valence-electron chi connectivity index (χ4n) is 2.62. The highest BCUT2D eigenvalue weighted by atomic mass is 32.1. The molecule has 1 aliphatic rings. The van der Waals surface area contributed by atoms with E-state index in [0.717, 1.165) is 32.7 Å². The normalized spacial score (nSPS) is 18.5.